The van der Waals surface area contributed by atoms with E-state index in [4.69, 9.17) is 0 Å². The smallest absolute Gasteiger partial charge is 0.278 e. The number of amides is 1. The number of phenols is 1. The molecule has 122 valence electrons. The number of anilines is 1. The number of para-hydroxylation sites is 2. The molecule has 1 aromatic heterocycles. The Morgan fingerprint density at radius 2 is 1.75 bits per heavy atom. The van der Waals surface area contributed by atoms with E-state index in [0.29, 0.717) is 17.4 Å². The number of carbonyl (C=O) groups excluding carboxylic acids is 1. The molecule has 0 unspecified atom stereocenters. The van der Waals surface area contributed by atoms with Crippen molar-refractivity contribution < 1.29 is 15.0 Å². The Morgan fingerprint density at radius 3 is 2.46 bits per heavy atom. The number of nitrogens with zero attached hydrogens (tertiary/aromatic N) is 1. The number of pyridine rings is 1. The Balaban J connectivity index is 2.15. The van der Waals surface area contributed by atoms with Crippen molar-refractivity contribution in [2.45, 2.75) is 13.5 Å². The molecule has 0 radical (unpaired) electrons. The van der Waals surface area contributed by atoms with Crippen LogP contribution in [0.1, 0.15) is 17.3 Å². The molecule has 6 heteroatoms. The molecule has 3 aromatic rings. The van der Waals surface area contributed by atoms with Gasteiger partial charge in [0.2, 0.25) is 0 Å². The van der Waals surface area contributed by atoms with E-state index in [0.717, 1.165) is 0 Å². The van der Waals surface area contributed by atoms with E-state index in [9.17, 15) is 19.8 Å². The third-order valence-electron chi connectivity index (χ3n) is 3.85. The maximum Gasteiger partial charge on any atom is 0.278 e. The number of carbonyl (C=O) groups is 1. The number of hydrogen-bond acceptors (Lipinski definition) is 4. The van der Waals surface area contributed by atoms with Crippen molar-refractivity contribution in [2.24, 2.45) is 0 Å². The molecule has 2 aromatic carbocycles. The number of aromatic hydroxyl groups is 2. The molecule has 0 spiro atoms. The van der Waals surface area contributed by atoms with Gasteiger partial charge in [-0.05, 0) is 31.2 Å². The van der Waals surface area contributed by atoms with Crippen molar-refractivity contribution >= 4 is 22.5 Å². The van der Waals surface area contributed by atoms with E-state index in [1.807, 2.05) is 0 Å². The normalized spacial score (nSPS) is 10.7. The molecular weight excluding hydrogens is 308 g/mol. The molecule has 1 amide bonds. The summed E-state index contributed by atoms with van der Waals surface area (Å²) in [5, 5.41) is 23.1. The van der Waals surface area contributed by atoms with Crippen LogP contribution in [0.4, 0.5) is 5.69 Å². The van der Waals surface area contributed by atoms with Gasteiger partial charge in [0.15, 0.2) is 11.4 Å². The monoisotopic (exact) mass is 324 g/mol. The topological polar surface area (TPSA) is 91.6 Å². The van der Waals surface area contributed by atoms with Crippen LogP contribution in [0.25, 0.3) is 10.9 Å². The van der Waals surface area contributed by atoms with E-state index in [2.05, 4.69) is 5.32 Å². The number of benzene rings is 2. The molecule has 0 bridgehead atoms. The summed E-state index contributed by atoms with van der Waals surface area (Å²) < 4.78 is 1.47. The van der Waals surface area contributed by atoms with E-state index in [-0.39, 0.29) is 22.7 Å². The van der Waals surface area contributed by atoms with Crippen molar-refractivity contribution in [3.05, 3.63) is 64.4 Å². The minimum atomic E-state index is -0.668. The second kappa shape index (κ2) is 6.08. The van der Waals surface area contributed by atoms with Gasteiger partial charge in [-0.2, -0.15) is 0 Å². The highest BCUT2D eigenvalue weighted by Gasteiger charge is 2.19. The number of rotatable bonds is 3. The van der Waals surface area contributed by atoms with Gasteiger partial charge in [0.25, 0.3) is 11.5 Å². The van der Waals surface area contributed by atoms with Crippen LogP contribution >= 0.6 is 0 Å². The highest BCUT2D eigenvalue weighted by molar-refractivity contribution is 6.08. The zero-order valence-corrected chi connectivity index (χ0v) is 13.0. The van der Waals surface area contributed by atoms with Gasteiger partial charge in [0.05, 0.1) is 11.1 Å². The number of phenolic OH excluding ortho intramolecular Hbond substituents is 1. The summed E-state index contributed by atoms with van der Waals surface area (Å²) in [5.74, 6) is -1.16. The summed E-state index contributed by atoms with van der Waals surface area (Å²) in [6, 6.07) is 12.9. The first-order chi connectivity index (χ1) is 11.5. The molecule has 0 aliphatic heterocycles. The maximum atomic E-state index is 12.6. The molecule has 3 rings (SSSR count). The lowest BCUT2D eigenvalue weighted by atomic mass is 10.1. The van der Waals surface area contributed by atoms with Crippen molar-refractivity contribution in [1.82, 2.24) is 4.57 Å². The lowest BCUT2D eigenvalue weighted by Gasteiger charge is -2.14. The summed E-state index contributed by atoms with van der Waals surface area (Å²) in [5.41, 5.74) is -0.100. The van der Waals surface area contributed by atoms with Crippen LogP contribution in [-0.4, -0.2) is 20.7 Å². The minimum absolute atomic E-state index is 0.0208. The van der Waals surface area contributed by atoms with Crippen molar-refractivity contribution in [1.29, 1.82) is 0 Å². The molecule has 0 saturated carbocycles. The molecule has 0 atom stereocenters. The van der Waals surface area contributed by atoms with Gasteiger partial charge in [-0.1, -0.05) is 24.3 Å². The highest BCUT2D eigenvalue weighted by atomic mass is 16.3. The third-order valence-corrected chi connectivity index (χ3v) is 3.85. The first-order valence-corrected chi connectivity index (χ1v) is 7.48. The fraction of sp³-hybridized carbons (Fsp3) is 0.111. The lowest BCUT2D eigenvalue weighted by Crippen LogP contribution is -2.26. The van der Waals surface area contributed by atoms with Gasteiger partial charge < -0.3 is 20.1 Å². The predicted molar refractivity (Wildman–Crippen MR) is 91.6 cm³/mol. The van der Waals surface area contributed by atoms with E-state index >= 15 is 0 Å². The Morgan fingerprint density at radius 1 is 1.08 bits per heavy atom. The zero-order chi connectivity index (χ0) is 17.3. The largest absolute Gasteiger partial charge is 0.507 e. The molecule has 3 N–H and O–H groups in total. The van der Waals surface area contributed by atoms with Gasteiger partial charge >= 0.3 is 0 Å². The maximum absolute atomic E-state index is 12.6. The average molecular weight is 324 g/mol. The summed E-state index contributed by atoms with van der Waals surface area (Å²) in [6.45, 7) is 2.19. The Hall–Kier alpha value is -3.28. The SMILES string of the molecule is CCn1c(=O)c(NC(=O)c2ccccc2O)c(O)c2ccccc21. The first kappa shape index (κ1) is 15.6. The Kier molecular flexibility index (Phi) is 3.95. The van der Waals surface area contributed by atoms with Crippen LogP contribution in [0.5, 0.6) is 11.5 Å². The molecule has 24 heavy (non-hydrogen) atoms. The van der Waals surface area contributed by atoms with Crippen LogP contribution in [0.3, 0.4) is 0 Å². The minimum Gasteiger partial charge on any atom is -0.507 e. The van der Waals surface area contributed by atoms with Crippen molar-refractivity contribution in [2.75, 3.05) is 5.32 Å². The first-order valence-electron chi connectivity index (χ1n) is 7.48. The van der Waals surface area contributed by atoms with Gasteiger partial charge in [-0.15, -0.1) is 0 Å². The number of hydrogen-bond donors (Lipinski definition) is 3. The Bertz CT molecular complexity index is 992. The van der Waals surface area contributed by atoms with Crippen LogP contribution in [0.15, 0.2) is 53.3 Å². The zero-order valence-electron chi connectivity index (χ0n) is 13.0. The predicted octanol–water partition coefficient (Wildman–Crippen LogP) is 2.68. The van der Waals surface area contributed by atoms with Gasteiger partial charge in [-0.3, -0.25) is 9.59 Å². The molecule has 0 aliphatic rings. The fourth-order valence-electron chi connectivity index (χ4n) is 2.66. The van der Waals surface area contributed by atoms with Crippen molar-refractivity contribution in [3.8, 4) is 11.5 Å². The highest BCUT2D eigenvalue weighted by Crippen LogP contribution is 2.30. The van der Waals surface area contributed by atoms with Crippen LogP contribution in [-0.2, 0) is 6.54 Å². The Labute approximate surface area is 137 Å². The summed E-state index contributed by atoms with van der Waals surface area (Å²) >= 11 is 0. The summed E-state index contributed by atoms with van der Waals surface area (Å²) in [7, 11) is 0. The molecule has 1 heterocycles. The third kappa shape index (κ3) is 2.48. The number of nitrogens with one attached hydrogen (secondary N) is 1. The van der Waals surface area contributed by atoms with Crippen LogP contribution < -0.4 is 10.9 Å². The molecule has 6 nitrogen and oxygen atoms in total. The van der Waals surface area contributed by atoms with Crippen LogP contribution in [0, 0.1) is 0 Å². The van der Waals surface area contributed by atoms with Gasteiger partial charge in [0.1, 0.15) is 5.75 Å². The van der Waals surface area contributed by atoms with Gasteiger partial charge in [0, 0.05) is 11.9 Å². The average Bonchev–Trinajstić information content (AvgIpc) is 2.59. The second-order valence-corrected chi connectivity index (χ2v) is 5.26. The van der Waals surface area contributed by atoms with Crippen molar-refractivity contribution in [3.63, 3.8) is 0 Å². The number of aromatic nitrogens is 1. The quantitative estimate of drug-likeness (QED) is 0.691. The lowest BCUT2D eigenvalue weighted by molar-refractivity contribution is 0.102. The molecule has 0 aliphatic carbocycles. The molecule has 0 fully saturated rings. The number of aryl methyl sites for hydroxylation is 1. The van der Waals surface area contributed by atoms with Crippen LogP contribution in [0.2, 0.25) is 0 Å². The standard InChI is InChI=1S/C18H16N2O4/c1-2-20-13-9-5-3-7-11(13)16(22)15(18(20)24)19-17(23)12-8-4-6-10-14(12)21/h3-10,21-22H,2H2,1H3,(H,19,23). The summed E-state index contributed by atoms with van der Waals surface area (Å²) in [6.07, 6.45) is 0. The van der Waals surface area contributed by atoms with Gasteiger partial charge in [-0.25, -0.2) is 0 Å². The molecule has 0 saturated heterocycles. The number of fused-ring (bicyclic) bond motifs is 1. The second-order valence-electron chi connectivity index (χ2n) is 5.26. The van der Waals surface area contributed by atoms with E-state index in [1.54, 1.807) is 43.3 Å². The molecular formula is C18H16N2O4. The fourth-order valence-corrected chi connectivity index (χ4v) is 2.66. The van der Waals surface area contributed by atoms with E-state index < -0.39 is 11.5 Å². The summed E-state index contributed by atoms with van der Waals surface area (Å²) in [4.78, 5) is 25.0. The van der Waals surface area contributed by atoms with E-state index in [1.165, 1.54) is 16.7 Å².